The van der Waals surface area contributed by atoms with Crippen molar-refractivity contribution >= 4 is 23.0 Å². The van der Waals surface area contributed by atoms with Gasteiger partial charge in [-0.25, -0.2) is 0 Å². The lowest BCUT2D eigenvalue weighted by Crippen LogP contribution is -3.24. The Bertz CT molecular complexity index is 633. The Hall–Kier alpha value is -1.13. The van der Waals surface area contributed by atoms with Crippen LogP contribution in [0.1, 0.15) is 75.3 Å². The first-order chi connectivity index (χ1) is 13.1. The zero-order chi connectivity index (χ0) is 18.8. The summed E-state index contributed by atoms with van der Waals surface area (Å²) in [5, 5.41) is 7.89. The molecule has 27 heavy (non-hydrogen) atoms. The number of benzene rings is 1. The van der Waals surface area contributed by atoms with Crippen LogP contribution in [0, 0.1) is 13.8 Å². The lowest BCUT2D eigenvalue weighted by Gasteiger charge is -2.50. The van der Waals surface area contributed by atoms with Crippen LogP contribution in [0.25, 0.3) is 0 Å². The fraction of sp³-hybridized carbons (Fsp3) is 0.696. The van der Waals surface area contributed by atoms with E-state index in [2.05, 4.69) is 42.7 Å². The van der Waals surface area contributed by atoms with Crippen molar-refractivity contribution < 1.29 is 4.90 Å². The van der Waals surface area contributed by atoms with Crippen molar-refractivity contribution in [3.63, 3.8) is 0 Å². The molecule has 1 aromatic carbocycles. The Balaban J connectivity index is 1.36. The van der Waals surface area contributed by atoms with Crippen molar-refractivity contribution in [1.29, 1.82) is 0 Å². The van der Waals surface area contributed by atoms with Gasteiger partial charge < -0.3 is 15.5 Å². The average Bonchev–Trinajstić information content (AvgIpc) is 2.60. The second-order valence-corrected chi connectivity index (χ2v) is 9.71. The van der Waals surface area contributed by atoms with Crippen molar-refractivity contribution in [2.75, 3.05) is 5.32 Å². The minimum atomic E-state index is 0.540. The van der Waals surface area contributed by atoms with E-state index in [9.17, 15) is 0 Å². The molecule has 148 valence electrons. The summed E-state index contributed by atoms with van der Waals surface area (Å²) < 4.78 is 0. The number of thiocarbonyl (C=S) groups is 1. The Morgan fingerprint density at radius 3 is 2.07 bits per heavy atom. The molecule has 1 aromatic rings. The van der Waals surface area contributed by atoms with Crippen molar-refractivity contribution in [1.82, 2.24) is 5.32 Å². The fourth-order valence-electron chi connectivity index (χ4n) is 6.19. The molecule has 4 heteroatoms. The van der Waals surface area contributed by atoms with Crippen LogP contribution >= 0.6 is 12.2 Å². The van der Waals surface area contributed by atoms with E-state index in [4.69, 9.17) is 12.2 Å². The number of rotatable bonds is 3. The van der Waals surface area contributed by atoms with Crippen molar-refractivity contribution in [2.24, 2.45) is 0 Å². The van der Waals surface area contributed by atoms with Gasteiger partial charge in [-0.1, -0.05) is 12.5 Å². The molecule has 2 bridgehead atoms. The number of fused-ring (bicyclic) bond motifs is 2. The Morgan fingerprint density at radius 1 is 0.852 bits per heavy atom. The molecule has 3 aliphatic rings. The van der Waals surface area contributed by atoms with Gasteiger partial charge in [-0.05, 0) is 94.3 Å². The van der Waals surface area contributed by atoms with Gasteiger partial charge in [0.15, 0.2) is 5.11 Å². The van der Waals surface area contributed by atoms with Gasteiger partial charge in [0.05, 0.1) is 18.1 Å². The highest BCUT2D eigenvalue weighted by Crippen LogP contribution is 2.26. The topological polar surface area (TPSA) is 28.5 Å². The Morgan fingerprint density at radius 2 is 1.44 bits per heavy atom. The third-order valence-corrected chi connectivity index (χ3v) is 7.30. The van der Waals surface area contributed by atoms with E-state index in [1.165, 1.54) is 75.3 Å². The van der Waals surface area contributed by atoms with Gasteiger partial charge in [0.25, 0.3) is 0 Å². The standard InChI is InChI=1S/C23H35N3S/c1-16-11-17(2)13-18(12-16)24-23(27)25-19-14-21-9-6-10-22(15-19)26(21)20-7-4-3-5-8-20/h11-13,19-22H,3-10,14-15H2,1-2H3,(H2,24,25,27)/p+1/t19?,21-,22+. The zero-order valence-electron chi connectivity index (χ0n) is 17.0. The number of aryl methyl sites for hydroxylation is 2. The maximum Gasteiger partial charge on any atom is 0.171 e. The minimum absolute atomic E-state index is 0.540. The lowest BCUT2D eigenvalue weighted by atomic mass is 9.78. The van der Waals surface area contributed by atoms with Crippen LogP contribution < -0.4 is 15.5 Å². The molecule has 4 rings (SSSR count). The molecule has 2 unspecified atom stereocenters. The maximum absolute atomic E-state index is 5.66. The van der Waals surface area contributed by atoms with Crippen LogP contribution in [0.5, 0.6) is 0 Å². The monoisotopic (exact) mass is 386 g/mol. The van der Waals surface area contributed by atoms with E-state index in [-0.39, 0.29) is 0 Å². The van der Waals surface area contributed by atoms with E-state index < -0.39 is 0 Å². The van der Waals surface area contributed by atoms with Gasteiger partial charge in [0.2, 0.25) is 0 Å². The molecule has 2 aliphatic heterocycles. The molecule has 0 radical (unpaired) electrons. The molecule has 1 aliphatic carbocycles. The predicted molar refractivity (Wildman–Crippen MR) is 118 cm³/mol. The minimum Gasteiger partial charge on any atom is -0.359 e. The largest absolute Gasteiger partial charge is 0.359 e. The van der Waals surface area contributed by atoms with E-state index in [0.717, 1.165) is 28.9 Å². The van der Waals surface area contributed by atoms with E-state index in [1.54, 1.807) is 0 Å². The molecule has 2 saturated heterocycles. The summed E-state index contributed by atoms with van der Waals surface area (Å²) in [6, 6.07) is 9.72. The van der Waals surface area contributed by atoms with Crippen molar-refractivity contribution in [3.8, 4) is 0 Å². The number of nitrogens with one attached hydrogen (secondary N) is 3. The molecular formula is C23H36N3S+. The molecule has 0 amide bonds. The lowest BCUT2D eigenvalue weighted by molar-refractivity contribution is -0.984. The van der Waals surface area contributed by atoms with Crippen LogP contribution in [0.2, 0.25) is 0 Å². The van der Waals surface area contributed by atoms with Crippen LogP contribution in [-0.2, 0) is 0 Å². The smallest absolute Gasteiger partial charge is 0.171 e. The highest BCUT2D eigenvalue weighted by Gasteiger charge is 2.45. The van der Waals surface area contributed by atoms with Gasteiger partial charge >= 0.3 is 0 Å². The molecule has 3 N–H and O–H groups in total. The predicted octanol–water partition coefficient (Wildman–Crippen LogP) is 3.89. The third-order valence-electron chi connectivity index (χ3n) is 7.08. The van der Waals surface area contributed by atoms with E-state index >= 15 is 0 Å². The highest BCUT2D eigenvalue weighted by atomic mass is 32.1. The van der Waals surface area contributed by atoms with Gasteiger partial charge in [-0.3, -0.25) is 0 Å². The quantitative estimate of drug-likeness (QED) is 0.688. The number of quaternary nitrogens is 1. The van der Waals surface area contributed by atoms with Crippen LogP contribution in [0.3, 0.4) is 0 Å². The van der Waals surface area contributed by atoms with Gasteiger partial charge in [-0.15, -0.1) is 0 Å². The number of hydrogen-bond acceptors (Lipinski definition) is 1. The maximum atomic E-state index is 5.66. The zero-order valence-corrected chi connectivity index (χ0v) is 17.8. The molecule has 2 heterocycles. The first-order valence-corrected chi connectivity index (χ1v) is 11.5. The molecule has 3 nitrogen and oxygen atoms in total. The second kappa shape index (κ2) is 8.48. The van der Waals surface area contributed by atoms with E-state index in [1.807, 2.05) is 4.90 Å². The summed E-state index contributed by atoms with van der Waals surface area (Å²) in [7, 11) is 0. The summed E-state index contributed by atoms with van der Waals surface area (Å²) in [5.74, 6) is 0. The van der Waals surface area contributed by atoms with Crippen molar-refractivity contribution in [3.05, 3.63) is 29.3 Å². The van der Waals surface area contributed by atoms with Crippen LogP contribution in [0.15, 0.2) is 18.2 Å². The fourth-order valence-corrected chi connectivity index (χ4v) is 6.47. The van der Waals surface area contributed by atoms with Gasteiger partial charge in [-0.2, -0.15) is 0 Å². The summed E-state index contributed by atoms with van der Waals surface area (Å²) in [5.41, 5.74) is 3.66. The molecule has 4 atom stereocenters. The first-order valence-electron chi connectivity index (χ1n) is 11.1. The third kappa shape index (κ3) is 4.65. The Kier molecular flexibility index (Phi) is 6.03. The molecule has 1 saturated carbocycles. The summed E-state index contributed by atoms with van der Waals surface area (Å²) in [4.78, 5) is 1.98. The first kappa shape index (κ1) is 19.2. The summed E-state index contributed by atoms with van der Waals surface area (Å²) in [6.45, 7) is 4.28. The SMILES string of the molecule is Cc1cc(C)cc(NC(=S)NC2C[C@H]3CCC[C@@H](C2)[NH+]3C2CCCCC2)c1. The summed E-state index contributed by atoms with van der Waals surface area (Å²) >= 11 is 5.66. The highest BCUT2D eigenvalue weighted by molar-refractivity contribution is 7.80. The summed E-state index contributed by atoms with van der Waals surface area (Å²) in [6.07, 6.45) is 14.1. The van der Waals surface area contributed by atoms with Crippen LogP contribution in [0.4, 0.5) is 5.69 Å². The van der Waals surface area contributed by atoms with Crippen LogP contribution in [-0.4, -0.2) is 29.3 Å². The molecule has 3 fully saturated rings. The van der Waals surface area contributed by atoms with Gasteiger partial charge in [0.1, 0.15) is 0 Å². The molecular weight excluding hydrogens is 350 g/mol. The molecule has 0 spiro atoms. The average molecular weight is 387 g/mol. The Labute approximate surface area is 170 Å². The second-order valence-electron chi connectivity index (χ2n) is 9.30. The number of piperidine rings is 2. The molecule has 0 aromatic heterocycles. The van der Waals surface area contributed by atoms with Crippen molar-refractivity contribution in [2.45, 2.75) is 102 Å². The number of anilines is 1. The normalized spacial score (nSPS) is 31.3. The van der Waals surface area contributed by atoms with Gasteiger partial charge in [0, 0.05) is 24.6 Å². The number of hydrogen-bond donors (Lipinski definition) is 3. The van der Waals surface area contributed by atoms with E-state index in [0.29, 0.717) is 6.04 Å².